The molecule has 248 valence electrons. The fraction of sp³-hybridized carbons (Fsp3) is 0.333. The quantitative estimate of drug-likeness (QED) is 0.158. The number of amides is 2. The van der Waals surface area contributed by atoms with Crippen molar-refractivity contribution in [3.63, 3.8) is 0 Å². The third kappa shape index (κ3) is 9.55. The molecule has 4 aromatic rings. The fourth-order valence-corrected chi connectivity index (χ4v) is 6.79. The van der Waals surface area contributed by atoms with Crippen molar-refractivity contribution in [3.05, 3.63) is 131 Å². The molecule has 0 aliphatic rings. The number of hydrogen-bond donors (Lipinski definition) is 1. The van der Waals surface area contributed by atoms with Crippen molar-refractivity contribution in [3.8, 4) is 0 Å². The van der Waals surface area contributed by atoms with Crippen LogP contribution < -0.4 is 9.62 Å². The van der Waals surface area contributed by atoms with Gasteiger partial charge >= 0.3 is 0 Å². The lowest BCUT2D eigenvalue weighted by molar-refractivity contribution is -0.140. The van der Waals surface area contributed by atoms with E-state index in [1.807, 2.05) is 94.4 Å². The van der Waals surface area contributed by atoms with E-state index in [4.69, 9.17) is 0 Å². The van der Waals surface area contributed by atoms with Crippen LogP contribution in [0.3, 0.4) is 0 Å². The minimum absolute atomic E-state index is 0.0876. The third-order valence-corrected chi connectivity index (χ3v) is 9.91. The van der Waals surface area contributed by atoms with Crippen LogP contribution in [0.5, 0.6) is 0 Å². The second kappa shape index (κ2) is 15.9. The van der Waals surface area contributed by atoms with Gasteiger partial charge in [0, 0.05) is 19.5 Å². The highest BCUT2D eigenvalue weighted by molar-refractivity contribution is 7.92. The molecular weight excluding hydrogens is 607 g/mol. The molecule has 0 saturated heterocycles. The van der Waals surface area contributed by atoms with Gasteiger partial charge in [0.05, 0.1) is 10.6 Å². The van der Waals surface area contributed by atoms with Crippen LogP contribution in [0, 0.1) is 19.8 Å². The lowest BCUT2D eigenvalue weighted by Crippen LogP contribution is -2.53. The number of nitrogens with one attached hydrogen (secondary N) is 1. The number of anilines is 1. The molecule has 8 heteroatoms. The number of carbonyl (C=O) groups is 2. The summed E-state index contributed by atoms with van der Waals surface area (Å²) in [7, 11) is -4.15. The Bertz CT molecular complexity index is 1740. The number of hydrogen-bond acceptors (Lipinski definition) is 4. The van der Waals surface area contributed by atoms with Crippen molar-refractivity contribution in [2.75, 3.05) is 17.4 Å². The van der Waals surface area contributed by atoms with Crippen LogP contribution in [0.2, 0.25) is 0 Å². The number of nitrogens with zero attached hydrogens (tertiary/aromatic N) is 2. The fourth-order valence-electron chi connectivity index (χ4n) is 5.38. The summed E-state index contributed by atoms with van der Waals surface area (Å²) in [4.78, 5) is 30.2. The van der Waals surface area contributed by atoms with Gasteiger partial charge in [0.2, 0.25) is 11.8 Å². The Morgan fingerprint density at radius 2 is 1.38 bits per heavy atom. The van der Waals surface area contributed by atoms with Gasteiger partial charge in [0.1, 0.15) is 12.6 Å². The summed E-state index contributed by atoms with van der Waals surface area (Å²) in [5.41, 5.74) is 5.12. The molecule has 0 aliphatic heterocycles. The topological polar surface area (TPSA) is 86.8 Å². The van der Waals surface area contributed by atoms with Crippen LogP contribution in [0.4, 0.5) is 5.69 Å². The lowest BCUT2D eigenvalue weighted by atomic mass is 10.0. The average molecular weight is 654 g/mol. The number of benzene rings is 4. The summed E-state index contributed by atoms with van der Waals surface area (Å²) in [6, 6.07) is 30.4. The van der Waals surface area contributed by atoms with E-state index in [1.54, 1.807) is 36.4 Å². The number of sulfonamides is 1. The Morgan fingerprint density at radius 1 is 0.745 bits per heavy atom. The van der Waals surface area contributed by atoms with Crippen molar-refractivity contribution in [1.29, 1.82) is 0 Å². The van der Waals surface area contributed by atoms with Gasteiger partial charge in [-0.15, -0.1) is 0 Å². The zero-order valence-electron chi connectivity index (χ0n) is 28.3. The van der Waals surface area contributed by atoms with Gasteiger partial charge in [-0.2, -0.15) is 0 Å². The molecule has 1 atom stereocenters. The van der Waals surface area contributed by atoms with E-state index in [0.717, 1.165) is 27.8 Å². The van der Waals surface area contributed by atoms with E-state index < -0.39 is 28.5 Å². The predicted molar refractivity (Wildman–Crippen MR) is 190 cm³/mol. The zero-order valence-corrected chi connectivity index (χ0v) is 29.1. The molecule has 0 saturated carbocycles. The Kier molecular flexibility index (Phi) is 12.0. The first kappa shape index (κ1) is 35.4. The van der Waals surface area contributed by atoms with Crippen molar-refractivity contribution >= 4 is 27.5 Å². The van der Waals surface area contributed by atoms with E-state index in [1.165, 1.54) is 9.21 Å². The summed E-state index contributed by atoms with van der Waals surface area (Å²) in [6.45, 7) is 12.1. The summed E-state index contributed by atoms with van der Waals surface area (Å²) in [5, 5.41) is 3.03. The lowest BCUT2D eigenvalue weighted by Gasteiger charge is -2.34. The van der Waals surface area contributed by atoms with Crippen molar-refractivity contribution in [2.45, 2.75) is 71.4 Å². The van der Waals surface area contributed by atoms with Gasteiger partial charge in [-0.1, -0.05) is 118 Å². The van der Waals surface area contributed by atoms with Gasteiger partial charge in [-0.05, 0) is 66.6 Å². The average Bonchev–Trinajstić information content (AvgIpc) is 3.04. The van der Waals surface area contributed by atoms with Crippen LogP contribution in [-0.4, -0.2) is 44.3 Å². The van der Waals surface area contributed by atoms with Gasteiger partial charge < -0.3 is 10.2 Å². The Morgan fingerprint density at radius 3 is 1.98 bits per heavy atom. The molecule has 0 radical (unpaired) electrons. The van der Waals surface area contributed by atoms with E-state index in [9.17, 15) is 18.0 Å². The van der Waals surface area contributed by atoms with E-state index in [2.05, 4.69) is 19.2 Å². The molecular formula is C39H47N3O4S. The van der Waals surface area contributed by atoms with Gasteiger partial charge in [-0.25, -0.2) is 8.42 Å². The summed E-state index contributed by atoms with van der Waals surface area (Å²) < 4.78 is 29.7. The van der Waals surface area contributed by atoms with Crippen LogP contribution in [0.1, 0.15) is 61.4 Å². The Balaban J connectivity index is 1.81. The highest BCUT2D eigenvalue weighted by Gasteiger charge is 2.34. The highest BCUT2D eigenvalue weighted by atomic mass is 32.2. The number of aryl methyl sites for hydroxylation is 2. The van der Waals surface area contributed by atoms with Crippen LogP contribution in [0.25, 0.3) is 0 Å². The second-order valence-electron chi connectivity index (χ2n) is 12.9. The Hall–Kier alpha value is -4.43. The first-order valence-electron chi connectivity index (χ1n) is 16.2. The SMILES string of the molecule is Cc1ccc(S(=O)(=O)N(CC(=O)N(Cc2cccc(C)c2)[C@H](Cc2ccccc2)C(=O)NCC(C)C)c2ccc(C(C)C)cc2)cc1. The van der Waals surface area contributed by atoms with Crippen LogP contribution in [0.15, 0.2) is 108 Å². The Labute approximate surface area is 280 Å². The molecule has 47 heavy (non-hydrogen) atoms. The zero-order chi connectivity index (χ0) is 34.1. The highest BCUT2D eigenvalue weighted by Crippen LogP contribution is 2.27. The summed E-state index contributed by atoms with van der Waals surface area (Å²) in [5.74, 6) is -0.296. The minimum Gasteiger partial charge on any atom is -0.354 e. The number of rotatable bonds is 14. The molecule has 0 bridgehead atoms. The smallest absolute Gasteiger partial charge is 0.264 e. The largest absolute Gasteiger partial charge is 0.354 e. The predicted octanol–water partition coefficient (Wildman–Crippen LogP) is 7.03. The van der Waals surface area contributed by atoms with Crippen molar-refractivity contribution in [2.24, 2.45) is 5.92 Å². The molecule has 4 rings (SSSR count). The first-order valence-corrected chi connectivity index (χ1v) is 17.6. The van der Waals surface area contributed by atoms with Crippen LogP contribution in [-0.2, 0) is 32.6 Å². The van der Waals surface area contributed by atoms with E-state index in [0.29, 0.717) is 12.2 Å². The molecule has 4 aromatic carbocycles. The maximum atomic E-state index is 14.6. The maximum Gasteiger partial charge on any atom is 0.264 e. The van der Waals surface area contributed by atoms with Gasteiger partial charge in [-0.3, -0.25) is 13.9 Å². The molecule has 7 nitrogen and oxygen atoms in total. The van der Waals surface area contributed by atoms with E-state index in [-0.39, 0.29) is 35.6 Å². The summed E-state index contributed by atoms with van der Waals surface area (Å²) >= 11 is 0. The standard InChI is InChI=1S/C39H47N3O4S/c1-28(2)25-40-39(44)37(24-32-12-8-7-9-13-32)41(26-33-14-10-11-31(6)23-33)38(43)27-42(35-19-17-34(18-20-35)29(3)4)47(45,46)36-21-15-30(5)16-22-36/h7-23,28-29,37H,24-27H2,1-6H3,(H,40,44)/t37-/m1/s1. The molecule has 0 heterocycles. The normalized spacial score (nSPS) is 12.2. The molecule has 0 unspecified atom stereocenters. The van der Waals surface area contributed by atoms with Crippen molar-refractivity contribution in [1.82, 2.24) is 10.2 Å². The maximum absolute atomic E-state index is 14.6. The van der Waals surface area contributed by atoms with Crippen molar-refractivity contribution < 1.29 is 18.0 Å². The number of carbonyl (C=O) groups excluding carboxylic acids is 2. The molecule has 1 N–H and O–H groups in total. The monoisotopic (exact) mass is 653 g/mol. The van der Waals surface area contributed by atoms with E-state index >= 15 is 0 Å². The van der Waals surface area contributed by atoms with Crippen LogP contribution >= 0.6 is 0 Å². The molecule has 2 amide bonds. The third-order valence-electron chi connectivity index (χ3n) is 8.13. The second-order valence-corrected chi connectivity index (χ2v) is 14.8. The molecule has 0 fully saturated rings. The van der Waals surface area contributed by atoms with Gasteiger partial charge in [0.15, 0.2) is 0 Å². The molecule has 0 aromatic heterocycles. The first-order chi connectivity index (χ1) is 22.3. The molecule has 0 spiro atoms. The van der Waals surface area contributed by atoms with Gasteiger partial charge in [0.25, 0.3) is 10.0 Å². The summed E-state index contributed by atoms with van der Waals surface area (Å²) in [6.07, 6.45) is 0.274. The minimum atomic E-state index is -4.15. The molecule has 0 aliphatic carbocycles.